The SMILES string of the molecule is O=C(Nc1ccccc1Cl)c1cc(S(=O)(=O)N2CCCCC2)ccc1N1CCCC1. The van der Waals surface area contributed by atoms with Crippen LogP contribution in [0.2, 0.25) is 5.02 Å². The molecule has 0 atom stereocenters. The van der Waals surface area contributed by atoms with E-state index in [1.165, 1.54) is 10.4 Å². The molecule has 0 saturated carbocycles. The van der Waals surface area contributed by atoms with Gasteiger partial charge in [-0.3, -0.25) is 4.79 Å². The zero-order chi connectivity index (χ0) is 21.1. The lowest BCUT2D eigenvalue weighted by Crippen LogP contribution is -2.35. The van der Waals surface area contributed by atoms with Crippen LogP contribution in [0, 0.1) is 0 Å². The Hall–Kier alpha value is -2.09. The Morgan fingerprint density at radius 1 is 0.900 bits per heavy atom. The van der Waals surface area contributed by atoms with Crippen LogP contribution in [-0.4, -0.2) is 44.8 Å². The first-order valence-corrected chi connectivity index (χ1v) is 12.2. The number of amides is 1. The molecule has 0 aromatic heterocycles. The van der Waals surface area contributed by atoms with Crippen molar-refractivity contribution in [3.63, 3.8) is 0 Å². The number of nitrogens with one attached hydrogen (secondary N) is 1. The molecule has 160 valence electrons. The second-order valence-electron chi connectivity index (χ2n) is 7.77. The summed E-state index contributed by atoms with van der Waals surface area (Å²) in [5.74, 6) is -0.360. The highest BCUT2D eigenvalue weighted by Gasteiger charge is 2.29. The zero-order valence-electron chi connectivity index (χ0n) is 16.8. The van der Waals surface area contributed by atoms with Crippen molar-refractivity contribution in [2.24, 2.45) is 0 Å². The lowest BCUT2D eigenvalue weighted by Gasteiger charge is -2.27. The molecule has 2 aromatic carbocycles. The molecule has 0 radical (unpaired) electrons. The highest BCUT2D eigenvalue weighted by Crippen LogP contribution is 2.31. The minimum Gasteiger partial charge on any atom is -0.371 e. The average molecular weight is 448 g/mol. The molecule has 8 heteroatoms. The summed E-state index contributed by atoms with van der Waals surface area (Å²) in [4.78, 5) is 15.5. The molecule has 2 heterocycles. The van der Waals surface area contributed by atoms with Gasteiger partial charge < -0.3 is 10.2 Å². The van der Waals surface area contributed by atoms with Gasteiger partial charge in [0.25, 0.3) is 5.91 Å². The molecule has 0 unspecified atom stereocenters. The summed E-state index contributed by atoms with van der Waals surface area (Å²) in [6.07, 6.45) is 4.89. The molecule has 2 aromatic rings. The fourth-order valence-electron chi connectivity index (χ4n) is 4.10. The van der Waals surface area contributed by atoms with E-state index in [2.05, 4.69) is 10.2 Å². The first-order chi connectivity index (χ1) is 14.5. The van der Waals surface area contributed by atoms with Crippen LogP contribution in [0.1, 0.15) is 42.5 Å². The lowest BCUT2D eigenvalue weighted by molar-refractivity contribution is 0.102. The maximum Gasteiger partial charge on any atom is 0.257 e. The van der Waals surface area contributed by atoms with Gasteiger partial charge >= 0.3 is 0 Å². The Morgan fingerprint density at radius 3 is 2.27 bits per heavy atom. The number of nitrogens with zero attached hydrogens (tertiary/aromatic N) is 2. The Kier molecular flexibility index (Phi) is 6.32. The van der Waals surface area contributed by atoms with Crippen molar-refractivity contribution in [1.82, 2.24) is 4.31 Å². The molecule has 2 fully saturated rings. The van der Waals surface area contributed by atoms with Crippen molar-refractivity contribution in [1.29, 1.82) is 0 Å². The van der Waals surface area contributed by atoms with Crippen LogP contribution in [0.3, 0.4) is 0 Å². The van der Waals surface area contributed by atoms with E-state index in [1.54, 1.807) is 36.4 Å². The Labute approximate surface area is 182 Å². The molecule has 1 N–H and O–H groups in total. The van der Waals surface area contributed by atoms with E-state index < -0.39 is 10.0 Å². The van der Waals surface area contributed by atoms with Crippen molar-refractivity contribution < 1.29 is 13.2 Å². The topological polar surface area (TPSA) is 69.7 Å². The maximum absolute atomic E-state index is 13.2. The monoisotopic (exact) mass is 447 g/mol. The van der Waals surface area contributed by atoms with Crippen LogP contribution in [-0.2, 0) is 10.0 Å². The van der Waals surface area contributed by atoms with Gasteiger partial charge in [0.05, 0.1) is 21.2 Å². The van der Waals surface area contributed by atoms with E-state index in [0.717, 1.165) is 50.9 Å². The maximum atomic E-state index is 13.2. The van der Waals surface area contributed by atoms with E-state index in [0.29, 0.717) is 29.4 Å². The van der Waals surface area contributed by atoms with Gasteiger partial charge in [-0.2, -0.15) is 4.31 Å². The molecule has 4 rings (SSSR count). The third kappa shape index (κ3) is 4.33. The molecule has 1 amide bonds. The standard InChI is InChI=1S/C22H26ClN3O3S/c23-19-8-2-3-9-20(19)24-22(27)18-16-17(10-11-21(18)25-12-6-7-13-25)30(28,29)26-14-4-1-5-15-26/h2-3,8-11,16H,1,4-7,12-15H2,(H,24,27). The van der Waals surface area contributed by atoms with Crippen LogP contribution < -0.4 is 10.2 Å². The number of rotatable bonds is 5. The van der Waals surface area contributed by atoms with Crippen LogP contribution in [0.25, 0.3) is 0 Å². The number of hydrogen-bond donors (Lipinski definition) is 1. The Bertz CT molecular complexity index is 1030. The minimum atomic E-state index is -3.63. The van der Waals surface area contributed by atoms with Gasteiger partial charge in [0, 0.05) is 31.9 Å². The highest BCUT2D eigenvalue weighted by atomic mass is 35.5. The number of benzene rings is 2. The number of sulfonamides is 1. The smallest absolute Gasteiger partial charge is 0.257 e. The second-order valence-corrected chi connectivity index (χ2v) is 10.1. The quantitative estimate of drug-likeness (QED) is 0.739. The van der Waals surface area contributed by atoms with E-state index in [4.69, 9.17) is 11.6 Å². The molecular formula is C22H26ClN3O3S. The van der Waals surface area contributed by atoms with E-state index in [-0.39, 0.29) is 10.8 Å². The first kappa shape index (κ1) is 21.2. The van der Waals surface area contributed by atoms with Gasteiger partial charge in [0.2, 0.25) is 10.0 Å². The minimum absolute atomic E-state index is 0.164. The molecule has 0 bridgehead atoms. The van der Waals surface area contributed by atoms with Gasteiger partial charge in [-0.15, -0.1) is 0 Å². The number of carbonyl (C=O) groups excluding carboxylic acids is 1. The van der Waals surface area contributed by atoms with Gasteiger partial charge in [0.1, 0.15) is 0 Å². The van der Waals surface area contributed by atoms with Crippen LogP contribution >= 0.6 is 11.6 Å². The first-order valence-electron chi connectivity index (χ1n) is 10.4. The van der Waals surface area contributed by atoms with Crippen LogP contribution in [0.15, 0.2) is 47.4 Å². The van der Waals surface area contributed by atoms with Crippen molar-refractivity contribution in [3.05, 3.63) is 53.1 Å². The van der Waals surface area contributed by atoms with Gasteiger partial charge in [-0.05, 0) is 56.0 Å². The third-order valence-corrected chi connectivity index (χ3v) is 7.96. The highest BCUT2D eigenvalue weighted by molar-refractivity contribution is 7.89. The molecule has 0 spiro atoms. The van der Waals surface area contributed by atoms with Crippen molar-refractivity contribution >= 4 is 38.9 Å². The second kappa shape index (κ2) is 8.96. The summed E-state index contributed by atoms with van der Waals surface area (Å²) in [6.45, 7) is 2.75. The largest absolute Gasteiger partial charge is 0.371 e. The summed E-state index contributed by atoms with van der Waals surface area (Å²) in [5.41, 5.74) is 1.62. The van der Waals surface area contributed by atoms with Crippen LogP contribution in [0.5, 0.6) is 0 Å². The zero-order valence-corrected chi connectivity index (χ0v) is 18.4. The number of halogens is 1. The summed E-state index contributed by atoms with van der Waals surface area (Å²) in [5, 5.41) is 3.28. The Balaban J connectivity index is 1.71. The number of carbonyl (C=O) groups is 1. The molecule has 0 aliphatic carbocycles. The van der Waals surface area contributed by atoms with Crippen molar-refractivity contribution in [2.45, 2.75) is 37.0 Å². The lowest BCUT2D eigenvalue weighted by atomic mass is 10.1. The molecule has 2 saturated heterocycles. The molecule has 6 nitrogen and oxygen atoms in total. The fourth-order valence-corrected chi connectivity index (χ4v) is 5.82. The molecule has 30 heavy (non-hydrogen) atoms. The van der Waals surface area contributed by atoms with Gasteiger partial charge in [-0.25, -0.2) is 8.42 Å². The van der Waals surface area contributed by atoms with Crippen LogP contribution in [0.4, 0.5) is 11.4 Å². The summed E-state index contributed by atoms with van der Waals surface area (Å²) < 4.78 is 27.9. The normalized spacial score (nSPS) is 17.8. The predicted molar refractivity (Wildman–Crippen MR) is 120 cm³/mol. The third-order valence-electron chi connectivity index (χ3n) is 5.73. The number of para-hydroxylation sites is 1. The molecular weight excluding hydrogens is 422 g/mol. The molecule has 2 aliphatic rings. The summed E-state index contributed by atoms with van der Waals surface area (Å²) in [7, 11) is -3.63. The fraction of sp³-hybridized carbons (Fsp3) is 0.409. The predicted octanol–water partition coefficient (Wildman–Crippen LogP) is 4.37. The summed E-state index contributed by atoms with van der Waals surface area (Å²) in [6, 6.07) is 11.9. The van der Waals surface area contributed by atoms with Crippen molar-refractivity contribution in [2.75, 3.05) is 36.4 Å². The Morgan fingerprint density at radius 2 is 1.57 bits per heavy atom. The number of hydrogen-bond acceptors (Lipinski definition) is 4. The van der Waals surface area contributed by atoms with E-state index in [1.807, 2.05) is 0 Å². The van der Waals surface area contributed by atoms with Gasteiger partial charge in [-0.1, -0.05) is 30.2 Å². The van der Waals surface area contributed by atoms with E-state index in [9.17, 15) is 13.2 Å². The molecule has 2 aliphatic heterocycles. The van der Waals surface area contributed by atoms with Gasteiger partial charge in [0.15, 0.2) is 0 Å². The number of anilines is 2. The summed E-state index contributed by atoms with van der Waals surface area (Å²) >= 11 is 6.20. The number of piperidine rings is 1. The van der Waals surface area contributed by atoms with Crippen molar-refractivity contribution in [3.8, 4) is 0 Å². The average Bonchev–Trinajstić information content (AvgIpc) is 3.30. The van der Waals surface area contributed by atoms with E-state index >= 15 is 0 Å².